The van der Waals surface area contributed by atoms with Gasteiger partial charge in [0.1, 0.15) is 0 Å². The fraction of sp³-hybridized carbons (Fsp3) is 0.0833. The van der Waals surface area contributed by atoms with Crippen LogP contribution >= 0.6 is 0 Å². The normalized spacial score (nSPS) is 9.94. The lowest BCUT2D eigenvalue weighted by molar-refractivity contribution is 0.0995. The van der Waals surface area contributed by atoms with Crippen LogP contribution in [0.2, 0.25) is 0 Å². The molecule has 0 saturated heterocycles. The van der Waals surface area contributed by atoms with Crippen molar-refractivity contribution in [3.63, 3.8) is 0 Å². The number of anilines is 1. The third-order valence-electron chi connectivity index (χ3n) is 2.45. The Morgan fingerprint density at radius 2 is 2.06 bits per heavy atom. The van der Waals surface area contributed by atoms with Crippen molar-refractivity contribution in [3.05, 3.63) is 47.3 Å². The summed E-state index contributed by atoms with van der Waals surface area (Å²) in [5.41, 5.74) is 12.6. The van der Waals surface area contributed by atoms with E-state index in [2.05, 4.69) is 5.10 Å². The van der Waals surface area contributed by atoms with E-state index in [1.54, 1.807) is 18.3 Å². The molecule has 2 rings (SSSR count). The van der Waals surface area contributed by atoms with Crippen LogP contribution < -0.4 is 11.5 Å². The molecule has 0 atom stereocenters. The van der Waals surface area contributed by atoms with Crippen molar-refractivity contribution in [2.24, 2.45) is 5.73 Å². The van der Waals surface area contributed by atoms with Gasteiger partial charge in [-0.3, -0.25) is 9.48 Å². The molecule has 0 bridgehead atoms. The van der Waals surface area contributed by atoms with E-state index in [-0.39, 0.29) is 11.4 Å². The van der Waals surface area contributed by atoms with Gasteiger partial charge < -0.3 is 11.5 Å². The number of carbonyl (C=O) groups excluding carboxylic acids is 1. The van der Waals surface area contributed by atoms with Crippen molar-refractivity contribution in [3.8, 4) is 6.07 Å². The van der Waals surface area contributed by atoms with Crippen molar-refractivity contribution in [2.45, 2.75) is 6.54 Å². The molecule has 1 aromatic carbocycles. The number of primary amides is 1. The summed E-state index contributed by atoms with van der Waals surface area (Å²) < 4.78 is 1.54. The summed E-state index contributed by atoms with van der Waals surface area (Å²) in [6.07, 6.45) is 1.55. The smallest absolute Gasteiger partial charge is 0.271 e. The molecular weight excluding hydrogens is 230 g/mol. The van der Waals surface area contributed by atoms with Crippen LogP contribution in [-0.4, -0.2) is 15.7 Å². The number of amides is 1. The first-order chi connectivity index (χ1) is 8.60. The van der Waals surface area contributed by atoms with Crippen LogP contribution in [0.15, 0.2) is 30.5 Å². The van der Waals surface area contributed by atoms with Gasteiger partial charge in [-0.05, 0) is 17.7 Å². The monoisotopic (exact) mass is 241 g/mol. The summed E-state index contributed by atoms with van der Waals surface area (Å²) in [7, 11) is 0. The second-order valence-electron chi connectivity index (χ2n) is 3.80. The second kappa shape index (κ2) is 4.59. The summed E-state index contributed by atoms with van der Waals surface area (Å²) in [5, 5.41) is 12.7. The van der Waals surface area contributed by atoms with Gasteiger partial charge in [0.2, 0.25) is 0 Å². The molecule has 1 aromatic heterocycles. The lowest BCUT2D eigenvalue weighted by Crippen LogP contribution is -2.14. The molecule has 0 radical (unpaired) electrons. The predicted molar refractivity (Wildman–Crippen MR) is 65.4 cm³/mol. The van der Waals surface area contributed by atoms with Gasteiger partial charge >= 0.3 is 0 Å². The number of hydrogen-bond donors (Lipinski definition) is 2. The highest BCUT2D eigenvalue weighted by Gasteiger charge is 2.11. The standard InChI is InChI=1S/C12H11N5O/c13-5-8-1-3-9(4-2-8)6-17-7-10(14)11(16-17)12(15)18/h1-4,7H,6,14H2,(H2,15,18). The van der Waals surface area contributed by atoms with Crippen LogP contribution in [0.25, 0.3) is 0 Å². The number of benzene rings is 1. The Hall–Kier alpha value is -2.81. The van der Waals surface area contributed by atoms with E-state index >= 15 is 0 Å². The van der Waals surface area contributed by atoms with Crippen molar-refractivity contribution < 1.29 is 4.79 Å². The maximum Gasteiger partial charge on any atom is 0.271 e. The Bertz CT molecular complexity index is 621. The average molecular weight is 241 g/mol. The minimum Gasteiger partial charge on any atom is -0.396 e. The third kappa shape index (κ3) is 2.30. The molecule has 6 nitrogen and oxygen atoms in total. The van der Waals surface area contributed by atoms with Crippen molar-refractivity contribution in [1.82, 2.24) is 9.78 Å². The van der Waals surface area contributed by atoms with E-state index in [0.29, 0.717) is 12.1 Å². The van der Waals surface area contributed by atoms with E-state index in [1.807, 2.05) is 18.2 Å². The number of nitrogens with two attached hydrogens (primary N) is 2. The van der Waals surface area contributed by atoms with Crippen LogP contribution in [-0.2, 0) is 6.54 Å². The highest BCUT2D eigenvalue weighted by molar-refractivity contribution is 5.95. The molecule has 4 N–H and O–H groups in total. The summed E-state index contributed by atoms with van der Waals surface area (Å²) in [6.45, 7) is 0.461. The Balaban J connectivity index is 2.21. The molecule has 0 saturated carbocycles. The van der Waals surface area contributed by atoms with Crippen molar-refractivity contribution >= 4 is 11.6 Å². The van der Waals surface area contributed by atoms with E-state index in [0.717, 1.165) is 5.56 Å². The number of nitrogens with zero attached hydrogens (tertiary/aromatic N) is 3. The molecule has 6 heteroatoms. The molecule has 0 aliphatic carbocycles. The zero-order valence-corrected chi connectivity index (χ0v) is 9.50. The molecule has 0 fully saturated rings. The molecular formula is C12H11N5O. The first-order valence-corrected chi connectivity index (χ1v) is 5.22. The molecule has 0 aliphatic heterocycles. The largest absolute Gasteiger partial charge is 0.396 e. The average Bonchev–Trinajstić information content (AvgIpc) is 2.71. The zero-order chi connectivity index (χ0) is 13.1. The number of aromatic nitrogens is 2. The zero-order valence-electron chi connectivity index (χ0n) is 9.50. The third-order valence-corrected chi connectivity index (χ3v) is 2.45. The molecule has 90 valence electrons. The molecule has 0 unspecified atom stereocenters. The predicted octanol–water partition coefficient (Wildman–Crippen LogP) is 0.484. The van der Waals surface area contributed by atoms with Gasteiger partial charge in [-0.2, -0.15) is 10.4 Å². The van der Waals surface area contributed by atoms with Crippen LogP contribution in [0.4, 0.5) is 5.69 Å². The molecule has 18 heavy (non-hydrogen) atoms. The Morgan fingerprint density at radius 3 is 2.56 bits per heavy atom. The summed E-state index contributed by atoms with van der Waals surface area (Å²) in [6, 6.07) is 9.12. The number of nitriles is 1. The van der Waals surface area contributed by atoms with Crippen LogP contribution in [0, 0.1) is 11.3 Å². The van der Waals surface area contributed by atoms with Gasteiger partial charge in [0.25, 0.3) is 5.91 Å². The molecule has 0 spiro atoms. The van der Waals surface area contributed by atoms with Gasteiger partial charge in [0.05, 0.1) is 23.9 Å². The highest BCUT2D eigenvalue weighted by atomic mass is 16.1. The van der Waals surface area contributed by atoms with E-state index in [1.165, 1.54) is 4.68 Å². The number of nitrogen functional groups attached to an aromatic ring is 1. The summed E-state index contributed by atoms with van der Waals surface area (Å²) >= 11 is 0. The molecule has 2 aromatic rings. The van der Waals surface area contributed by atoms with E-state index in [9.17, 15) is 4.79 Å². The number of carbonyl (C=O) groups is 1. The number of rotatable bonds is 3. The summed E-state index contributed by atoms with van der Waals surface area (Å²) in [4.78, 5) is 11.0. The quantitative estimate of drug-likeness (QED) is 0.814. The van der Waals surface area contributed by atoms with Crippen molar-refractivity contribution in [1.29, 1.82) is 5.26 Å². The maximum absolute atomic E-state index is 11.0. The van der Waals surface area contributed by atoms with Gasteiger partial charge in [-0.15, -0.1) is 0 Å². The lowest BCUT2D eigenvalue weighted by atomic mass is 10.1. The van der Waals surface area contributed by atoms with Crippen LogP contribution in [0.5, 0.6) is 0 Å². The number of hydrogen-bond acceptors (Lipinski definition) is 4. The molecule has 1 heterocycles. The minimum absolute atomic E-state index is 0.0728. The molecule has 1 amide bonds. The van der Waals surface area contributed by atoms with Gasteiger partial charge in [0.15, 0.2) is 5.69 Å². The van der Waals surface area contributed by atoms with Crippen LogP contribution in [0.1, 0.15) is 21.6 Å². The first-order valence-electron chi connectivity index (χ1n) is 5.22. The fourth-order valence-corrected chi connectivity index (χ4v) is 1.58. The first kappa shape index (κ1) is 11.7. The van der Waals surface area contributed by atoms with Gasteiger partial charge in [-0.1, -0.05) is 12.1 Å². The highest BCUT2D eigenvalue weighted by Crippen LogP contribution is 2.11. The summed E-state index contributed by atoms with van der Waals surface area (Å²) in [5.74, 6) is -0.647. The van der Waals surface area contributed by atoms with E-state index in [4.69, 9.17) is 16.7 Å². The lowest BCUT2D eigenvalue weighted by Gasteiger charge is -2.01. The van der Waals surface area contributed by atoms with Gasteiger partial charge in [0, 0.05) is 6.20 Å². The van der Waals surface area contributed by atoms with Gasteiger partial charge in [-0.25, -0.2) is 0 Å². The Morgan fingerprint density at radius 1 is 1.39 bits per heavy atom. The topological polar surface area (TPSA) is 111 Å². The Kier molecular flexibility index (Phi) is 2.98. The molecule has 0 aliphatic rings. The fourth-order valence-electron chi connectivity index (χ4n) is 1.58. The Labute approximate surface area is 103 Å². The van der Waals surface area contributed by atoms with Crippen LogP contribution in [0.3, 0.4) is 0 Å². The second-order valence-corrected chi connectivity index (χ2v) is 3.80. The maximum atomic E-state index is 11.0. The van der Waals surface area contributed by atoms with E-state index < -0.39 is 5.91 Å². The van der Waals surface area contributed by atoms with Crippen molar-refractivity contribution in [2.75, 3.05) is 5.73 Å². The minimum atomic E-state index is -0.647. The SMILES string of the molecule is N#Cc1ccc(Cn2cc(N)c(C(N)=O)n2)cc1.